The maximum Gasteiger partial charge on any atom is 0.367 e. The second-order valence-electron chi connectivity index (χ2n) is 5.19. The fourth-order valence-corrected chi connectivity index (χ4v) is 5.17. The first-order valence-corrected chi connectivity index (χ1v) is 9.28. The Morgan fingerprint density at radius 3 is 2.29 bits per heavy atom. The van der Waals surface area contributed by atoms with Crippen LogP contribution in [0.1, 0.15) is 34.1 Å². The number of hydrogen-bond acceptors (Lipinski definition) is 4. The molecule has 21 heavy (non-hydrogen) atoms. The molecule has 118 valence electrons. The molecule has 3 atom stereocenters. The number of hydrogen-bond donors (Lipinski definition) is 0. The van der Waals surface area contributed by atoms with Gasteiger partial charge < -0.3 is 4.57 Å². The molecule has 0 radical (unpaired) electrons. The average Bonchev–Trinajstić information content (AvgIpc) is 2.51. The molecule has 0 aromatic heterocycles. The van der Waals surface area contributed by atoms with E-state index in [0.717, 1.165) is 0 Å². The quantitative estimate of drug-likeness (QED) is 0.329. The molecule has 1 rings (SSSR count). The Hall–Kier alpha value is -0.830. The lowest BCUT2D eigenvalue weighted by Crippen LogP contribution is -2.28. The molecule has 0 aliphatic heterocycles. The lowest BCUT2D eigenvalue weighted by molar-refractivity contribution is -0.293. The van der Waals surface area contributed by atoms with Crippen molar-refractivity contribution in [3.63, 3.8) is 0 Å². The Morgan fingerprint density at radius 2 is 1.81 bits per heavy atom. The normalized spacial score (nSPS) is 17.0. The van der Waals surface area contributed by atoms with Crippen molar-refractivity contribution in [1.29, 1.82) is 0 Å². The van der Waals surface area contributed by atoms with E-state index in [1.807, 2.05) is 13.0 Å². The molecule has 0 heterocycles. The third-order valence-electron chi connectivity index (χ3n) is 3.33. The molecule has 3 unspecified atom stereocenters. The van der Waals surface area contributed by atoms with Crippen LogP contribution in [0.15, 0.2) is 30.3 Å². The highest BCUT2D eigenvalue weighted by atomic mass is 35.5. The van der Waals surface area contributed by atoms with Gasteiger partial charge in [0, 0.05) is 11.0 Å². The van der Waals surface area contributed by atoms with Gasteiger partial charge >= 0.3 is 5.97 Å². The second-order valence-corrected chi connectivity index (χ2v) is 9.42. The highest BCUT2D eigenvalue weighted by molar-refractivity contribution is 7.75. The molecule has 1 aromatic rings. The maximum atomic E-state index is 13.3. The zero-order valence-electron chi connectivity index (χ0n) is 12.8. The molecule has 1 aromatic carbocycles. The highest BCUT2D eigenvalue weighted by Gasteiger charge is 2.42. The van der Waals surface area contributed by atoms with Crippen molar-refractivity contribution in [2.24, 2.45) is 0 Å². The first-order chi connectivity index (χ1) is 9.83. The lowest BCUT2D eigenvalue weighted by atomic mass is 10.3. The largest absolute Gasteiger partial charge is 0.367 e. The number of carbonyl (C=O) groups is 1. The molecule has 0 spiro atoms. The monoisotopic (exact) mass is 332 g/mol. The molecule has 4 nitrogen and oxygen atoms in total. The van der Waals surface area contributed by atoms with Crippen LogP contribution in [0.3, 0.4) is 0 Å². The van der Waals surface area contributed by atoms with E-state index in [4.69, 9.17) is 21.4 Å². The third kappa shape index (κ3) is 4.32. The Kier molecular flexibility index (Phi) is 6.92. The van der Waals surface area contributed by atoms with E-state index in [9.17, 15) is 9.36 Å². The van der Waals surface area contributed by atoms with Crippen LogP contribution in [0.25, 0.3) is 0 Å². The minimum atomic E-state index is -3.15. The van der Waals surface area contributed by atoms with Crippen molar-refractivity contribution in [3.05, 3.63) is 30.3 Å². The summed E-state index contributed by atoms with van der Waals surface area (Å²) in [6.45, 7) is 7.24. The minimum Gasteiger partial charge on any atom is -0.316 e. The predicted octanol–water partition coefficient (Wildman–Crippen LogP) is 3.92. The van der Waals surface area contributed by atoms with Gasteiger partial charge in [0.05, 0.1) is 0 Å². The van der Waals surface area contributed by atoms with Crippen molar-refractivity contribution in [1.82, 2.24) is 0 Å². The van der Waals surface area contributed by atoms with Crippen LogP contribution in [0.4, 0.5) is 0 Å². The Balaban J connectivity index is 2.96. The summed E-state index contributed by atoms with van der Waals surface area (Å²) < 4.78 is 13.3. The fraction of sp³-hybridized carbons (Fsp3) is 0.533. The van der Waals surface area contributed by atoms with Gasteiger partial charge in [0.2, 0.25) is 0 Å². The number of halogens is 1. The summed E-state index contributed by atoms with van der Waals surface area (Å²) in [7, 11) is -3.15. The number of rotatable bonds is 7. The van der Waals surface area contributed by atoms with Crippen molar-refractivity contribution in [2.45, 2.75) is 51.0 Å². The Labute approximate surface area is 131 Å². The summed E-state index contributed by atoms with van der Waals surface area (Å²) in [6, 6.07) is 8.81. The predicted molar refractivity (Wildman–Crippen MR) is 85.4 cm³/mol. The van der Waals surface area contributed by atoms with Crippen LogP contribution in [-0.2, 0) is 19.1 Å². The molecule has 0 saturated heterocycles. The summed E-state index contributed by atoms with van der Waals surface area (Å²) in [5, 5.41) is -0.690. The molecule has 0 bridgehead atoms. The zero-order valence-corrected chi connectivity index (χ0v) is 14.4. The molecular weight excluding hydrogens is 311 g/mol. The van der Waals surface area contributed by atoms with Crippen molar-refractivity contribution in [3.8, 4) is 0 Å². The van der Waals surface area contributed by atoms with Gasteiger partial charge in [0.25, 0.3) is 0 Å². The van der Waals surface area contributed by atoms with E-state index in [-0.39, 0.29) is 11.8 Å². The molecule has 0 amide bonds. The molecule has 0 N–H and O–H groups in total. The smallest absolute Gasteiger partial charge is 0.316 e. The van der Waals surface area contributed by atoms with E-state index < -0.39 is 18.2 Å². The minimum absolute atomic E-state index is 0.229. The Bertz CT molecular complexity index is 504. The summed E-state index contributed by atoms with van der Waals surface area (Å²) in [4.78, 5) is 21.7. The van der Waals surface area contributed by atoms with Gasteiger partial charge in [0.15, 0.2) is 5.12 Å². The van der Waals surface area contributed by atoms with Crippen LogP contribution in [0, 0.1) is 0 Å². The maximum absolute atomic E-state index is 13.3. The van der Waals surface area contributed by atoms with E-state index in [0.29, 0.717) is 11.7 Å². The van der Waals surface area contributed by atoms with E-state index >= 15 is 0 Å². The number of benzene rings is 1. The van der Waals surface area contributed by atoms with Gasteiger partial charge in [-0.05, 0) is 13.3 Å². The van der Waals surface area contributed by atoms with Crippen LogP contribution >= 0.6 is 18.7 Å². The van der Waals surface area contributed by atoms with E-state index in [1.165, 1.54) is 0 Å². The first kappa shape index (κ1) is 18.2. The summed E-state index contributed by atoms with van der Waals surface area (Å²) >= 11 is 6.18. The molecular formula is C15H22ClO4P. The van der Waals surface area contributed by atoms with Crippen LogP contribution < -0.4 is 5.30 Å². The van der Waals surface area contributed by atoms with E-state index in [2.05, 4.69) is 0 Å². The highest BCUT2D eigenvalue weighted by Crippen LogP contribution is 2.56. The standard InChI is InChI=1S/C15H22ClO4P/c1-5-12(4)19-20-15(17)14(16)21(18,11(2)3)13-9-7-6-8-10-13/h6-12,14H,5H2,1-4H3. The molecule has 0 saturated carbocycles. The molecule has 0 fully saturated rings. The molecule has 0 aliphatic carbocycles. The summed E-state index contributed by atoms with van der Waals surface area (Å²) in [5.41, 5.74) is -0.279. The van der Waals surface area contributed by atoms with Crippen molar-refractivity contribution >= 4 is 30.0 Å². The van der Waals surface area contributed by atoms with Crippen molar-refractivity contribution in [2.75, 3.05) is 0 Å². The van der Waals surface area contributed by atoms with E-state index in [1.54, 1.807) is 45.0 Å². The number of carbonyl (C=O) groups excluding carboxylic acids is 1. The topological polar surface area (TPSA) is 52.6 Å². The second kappa shape index (κ2) is 7.98. The third-order valence-corrected chi connectivity index (χ3v) is 7.90. The van der Waals surface area contributed by atoms with Gasteiger partial charge in [0.1, 0.15) is 13.2 Å². The van der Waals surface area contributed by atoms with Gasteiger partial charge in [-0.15, -0.1) is 11.6 Å². The van der Waals surface area contributed by atoms with Crippen LogP contribution in [-0.4, -0.2) is 22.9 Å². The van der Waals surface area contributed by atoms with Crippen LogP contribution in [0.2, 0.25) is 0 Å². The van der Waals surface area contributed by atoms with Crippen molar-refractivity contribution < 1.29 is 19.1 Å². The summed E-state index contributed by atoms with van der Waals surface area (Å²) in [6.07, 6.45) is 0.466. The van der Waals surface area contributed by atoms with Gasteiger partial charge in [-0.3, -0.25) is 4.89 Å². The Morgan fingerprint density at radius 1 is 1.24 bits per heavy atom. The van der Waals surface area contributed by atoms with Gasteiger partial charge in [-0.2, -0.15) is 4.89 Å². The number of alkyl halides is 1. The SMILES string of the molecule is CCC(C)OOC(=O)C(Cl)P(=O)(c1ccccc1)C(C)C. The van der Waals surface area contributed by atoms with Crippen LogP contribution in [0.5, 0.6) is 0 Å². The van der Waals surface area contributed by atoms with Gasteiger partial charge in [-0.25, -0.2) is 4.79 Å². The molecule has 6 heteroatoms. The van der Waals surface area contributed by atoms with Gasteiger partial charge in [-0.1, -0.05) is 51.1 Å². The molecule has 0 aliphatic rings. The average molecular weight is 333 g/mol. The zero-order chi connectivity index (χ0) is 16.0. The fourth-order valence-electron chi connectivity index (χ4n) is 1.75. The lowest BCUT2D eigenvalue weighted by Gasteiger charge is -2.25. The first-order valence-electron chi connectivity index (χ1n) is 7.00. The summed E-state index contributed by atoms with van der Waals surface area (Å²) in [5.74, 6) is -0.808.